The molecule has 0 saturated heterocycles. The van der Waals surface area contributed by atoms with Gasteiger partial charge in [-0.3, -0.25) is 0 Å². The number of aromatic nitrogens is 1. The highest BCUT2D eigenvalue weighted by Crippen LogP contribution is 2.09. The lowest BCUT2D eigenvalue weighted by molar-refractivity contribution is 0.492. The summed E-state index contributed by atoms with van der Waals surface area (Å²) in [4.78, 5) is 4.16. The molecule has 0 N–H and O–H groups in total. The van der Waals surface area contributed by atoms with Gasteiger partial charge in [0.25, 0.3) is 4.80 Å². The first-order valence-corrected chi connectivity index (χ1v) is 3.09. The standard InChI is InChI=1S/C5H3BrN2O/c6-5-8-3-4(9-5)1-2-7/h3H,1H2. The van der Waals surface area contributed by atoms with Gasteiger partial charge in [-0.25, -0.2) is 4.98 Å². The lowest BCUT2D eigenvalue weighted by atomic mass is 10.4. The number of oxazole rings is 1. The Bertz CT molecular complexity index is 237. The van der Waals surface area contributed by atoms with Crippen LogP contribution in [0.1, 0.15) is 5.76 Å². The minimum atomic E-state index is 0.276. The molecule has 0 atom stereocenters. The average molecular weight is 187 g/mol. The normalized spacial score (nSPS) is 8.89. The molecule has 0 bridgehead atoms. The maximum Gasteiger partial charge on any atom is 0.264 e. The molecule has 46 valence electrons. The molecule has 4 heteroatoms. The molecule has 0 aromatic carbocycles. The highest BCUT2D eigenvalue weighted by molar-refractivity contribution is 9.10. The Hall–Kier alpha value is -0.820. The minimum Gasteiger partial charge on any atom is -0.435 e. The average Bonchev–Trinajstić information content (AvgIpc) is 2.17. The third kappa shape index (κ3) is 1.54. The fourth-order valence-electron chi connectivity index (χ4n) is 0.443. The van der Waals surface area contributed by atoms with Gasteiger partial charge in [-0.1, -0.05) is 0 Å². The van der Waals surface area contributed by atoms with Crippen LogP contribution < -0.4 is 0 Å². The summed E-state index contributed by atoms with van der Waals surface area (Å²) < 4.78 is 4.91. The van der Waals surface area contributed by atoms with Crippen LogP contribution in [0.4, 0.5) is 0 Å². The van der Waals surface area contributed by atoms with Gasteiger partial charge < -0.3 is 4.42 Å². The Kier molecular flexibility index (Phi) is 1.85. The van der Waals surface area contributed by atoms with Crippen molar-refractivity contribution in [3.05, 3.63) is 16.8 Å². The van der Waals surface area contributed by atoms with E-state index in [0.717, 1.165) is 0 Å². The van der Waals surface area contributed by atoms with Crippen molar-refractivity contribution < 1.29 is 4.42 Å². The van der Waals surface area contributed by atoms with Crippen molar-refractivity contribution >= 4 is 15.9 Å². The number of hydrogen-bond donors (Lipinski definition) is 0. The zero-order valence-corrected chi connectivity index (χ0v) is 6.05. The Balaban J connectivity index is 2.76. The first-order chi connectivity index (χ1) is 4.33. The first-order valence-electron chi connectivity index (χ1n) is 2.30. The van der Waals surface area contributed by atoms with Crippen LogP contribution in [0.2, 0.25) is 0 Å². The summed E-state index contributed by atoms with van der Waals surface area (Å²) in [5.74, 6) is 0.587. The summed E-state index contributed by atoms with van der Waals surface area (Å²) in [6.45, 7) is 0. The van der Waals surface area contributed by atoms with E-state index in [-0.39, 0.29) is 6.42 Å². The van der Waals surface area contributed by atoms with E-state index in [4.69, 9.17) is 9.68 Å². The monoisotopic (exact) mass is 186 g/mol. The van der Waals surface area contributed by atoms with Gasteiger partial charge in [0, 0.05) is 15.9 Å². The predicted molar refractivity (Wildman–Crippen MR) is 33.5 cm³/mol. The molecule has 0 aliphatic carbocycles. The second kappa shape index (κ2) is 2.65. The summed E-state index contributed by atoms with van der Waals surface area (Å²) in [5, 5.41) is 8.18. The molecule has 0 aliphatic heterocycles. The van der Waals surface area contributed by atoms with Gasteiger partial charge in [0.1, 0.15) is 5.76 Å². The van der Waals surface area contributed by atoms with Crippen molar-refractivity contribution in [2.24, 2.45) is 0 Å². The second-order valence-electron chi connectivity index (χ2n) is 1.41. The zero-order chi connectivity index (χ0) is 6.69. The molecule has 0 unspecified atom stereocenters. The molecule has 1 heterocycles. The molecule has 0 spiro atoms. The summed E-state index contributed by atoms with van der Waals surface area (Å²) in [6.07, 6.45) is 1.80. The highest BCUT2D eigenvalue weighted by atomic mass is 79.9. The van der Waals surface area contributed by atoms with E-state index in [2.05, 4.69) is 20.9 Å². The molecule has 0 fully saturated rings. The van der Waals surface area contributed by atoms with Gasteiger partial charge >= 0.3 is 0 Å². The molecule has 3 nitrogen and oxygen atoms in total. The lowest BCUT2D eigenvalue weighted by Gasteiger charge is -1.77. The zero-order valence-electron chi connectivity index (χ0n) is 4.47. The molecular formula is C5H3BrN2O. The molecule has 0 amide bonds. The van der Waals surface area contributed by atoms with E-state index < -0.39 is 0 Å². The van der Waals surface area contributed by atoms with Crippen molar-refractivity contribution in [2.75, 3.05) is 0 Å². The van der Waals surface area contributed by atoms with Crippen LogP contribution in [0.15, 0.2) is 15.4 Å². The Morgan fingerprint density at radius 3 is 3.11 bits per heavy atom. The lowest BCUT2D eigenvalue weighted by Crippen LogP contribution is -1.71. The van der Waals surface area contributed by atoms with Gasteiger partial charge in [-0.05, 0) is 0 Å². The number of nitrogens with zero attached hydrogens (tertiary/aromatic N) is 2. The van der Waals surface area contributed by atoms with E-state index in [0.29, 0.717) is 10.6 Å². The predicted octanol–water partition coefficient (Wildman–Crippen LogP) is 1.50. The first kappa shape index (κ1) is 6.30. The molecule has 0 aliphatic rings. The van der Waals surface area contributed by atoms with Gasteiger partial charge in [-0.15, -0.1) is 0 Å². The van der Waals surface area contributed by atoms with Crippen LogP contribution in [0.25, 0.3) is 0 Å². The number of nitriles is 1. The molecule has 0 saturated carbocycles. The van der Waals surface area contributed by atoms with Crippen molar-refractivity contribution in [1.82, 2.24) is 4.98 Å². The van der Waals surface area contributed by atoms with E-state index in [1.165, 1.54) is 6.20 Å². The molecule has 1 aromatic rings. The molecule has 0 radical (unpaired) electrons. The van der Waals surface area contributed by atoms with Crippen molar-refractivity contribution in [2.45, 2.75) is 6.42 Å². The quantitative estimate of drug-likeness (QED) is 0.669. The fourth-order valence-corrected chi connectivity index (χ4v) is 0.754. The van der Waals surface area contributed by atoms with E-state index in [9.17, 15) is 0 Å². The summed E-state index contributed by atoms with van der Waals surface area (Å²) >= 11 is 3.01. The molecule has 1 rings (SSSR count). The van der Waals surface area contributed by atoms with E-state index >= 15 is 0 Å². The third-order valence-electron chi connectivity index (χ3n) is 0.779. The van der Waals surface area contributed by atoms with Crippen molar-refractivity contribution in [3.8, 4) is 6.07 Å². The minimum absolute atomic E-state index is 0.276. The van der Waals surface area contributed by atoms with Gasteiger partial charge in [0.15, 0.2) is 0 Å². The summed E-state index contributed by atoms with van der Waals surface area (Å²) in [6, 6.07) is 1.94. The van der Waals surface area contributed by atoms with Gasteiger partial charge in [-0.2, -0.15) is 5.26 Å². The molecular weight excluding hydrogens is 184 g/mol. The highest BCUT2D eigenvalue weighted by Gasteiger charge is 1.97. The SMILES string of the molecule is N#CCc1cnc(Br)o1. The third-order valence-corrected chi connectivity index (χ3v) is 1.15. The van der Waals surface area contributed by atoms with Gasteiger partial charge in [0.05, 0.1) is 18.7 Å². The van der Waals surface area contributed by atoms with Crippen LogP contribution in [0.5, 0.6) is 0 Å². The van der Waals surface area contributed by atoms with Crippen molar-refractivity contribution in [3.63, 3.8) is 0 Å². The molecule has 1 aromatic heterocycles. The van der Waals surface area contributed by atoms with E-state index in [1.54, 1.807) is 0 Å². The Morgan fingerprint density at radius 2 is 2.67 bits per heavy atom. The maximum absolute atomic E-state index is 8.18. The smallest absolute Gasteiger partial charge is 0.264 e. The van der Waals surface area contributed by atoms with Crippen LogP contribution in [0, 0.1) is 11.3 Å². The van der Waals surface area contributed by atoms with E-state index in [1.807, 2.05) is 6.07 Å². The number of rotatable bonds is 1. The maximum atomic E-state index is 8.18. The largest absolute Gasteiger partial charge is 0.435 e. The Labute approximate surface area is 60.4 Å². The summed E-state index contributed by atoms with van der Waals surface area (Å²) in [7, 11) is 0. The fraction of sp³-hybridized carbons (Fsp3) is 0.200. The van der Waals surface area contributed by atoms with Crippen molar-refractivity contribution in [1.29, 1.82) is 5.26 Å². The Morgan fingerprint density at radius 1 is 1.89 bits per heavy atom. The van der Waals surface area contributed by atoms with Gasteiger partial charge in [0.2, 0.25) is 0 Å². The number of halogens is 1. The topological polar surface area (TPSA) is 49.8 Å². The van der Waals surface area contributed by atoms with Crippen LogP contribution >= 0.6 is 15.9 Å². The summed E-state index contributed by atoms with van der Waals surface area (Å²) in [5.41, 5.74) is 0. The van der Waals surface area contributed by atoms with Crippen LogP contribution in [-0.2, 0) is 6.42 Å². The molecule has 9 heavy (non-hydrogen) atoms. The van der Waals surface area contributed by atoms with Crippen LogP contribution in [-0.4, -0.2) is 4.98 Å². The van der Waals surface area contributed by atoms with Crippen LogP contribution in [0.3, 0.4) is 0 Å². The second-order valence-corrected chi connectivity index (χ2v) is 2.09. The number of hydrogen-bond acceptors (Lipinski definition) is 3.